The molecule has 3 saturated heterocycles. The molecule has 0 saturated carbocycles. The molecule has 4 heterocycles. The van der Waals surface area contributed by atoms with Gasteiger partial charge in [0.15, 0.2) is 0 Å². The van der Waals surface area contributed by atoms with Gasteiger partial charge in [0, 0.05) is 43.0 Å². The summed E-state index contributed by atoms with van der Waals surface area (Å²) in [4.78, 5) is 85.7. The number of nitrogens with one attached hydrogen (secondary N) is 5. The molecule has 0 aromatic carbocycles. The molecule has 12 N–H and O–H groups in total. The number of urea groups is 2. The molecular weight excluding hydrogens is 815 g/mol. The van der Waals surface area contributed by atoms with E-state index in [1.807, 2.05) is 11.8 Å². The van der Waals surface area contributed by atoms with E-state index in [1.165, 1.54) is 6.20 Å². The first kappa shape index (κ1) is 45.1. The molecule has 0 aromatic rings. The normalized spacial score (nSPS) is 28.4. The van der Waals surface area contributed by atoms with Gasteiger partial charge in [-0.3, -0.25) is 19.0 Å². The average molecular weight is 862 g/mol. The van der Waals surface area contributed by atoms with E-state index in [9.17, 15) is 47.8 Å². The van der Waals surface area contributed by atoms with Gasteiger partial charge in [0.25, 0.3) is 0 Å². The Kier molecular flexibility index (Phi) is 16.6. The molecule has 0 bridgehead atoms. The van der Waals surface area contributed by atoms with Gasteiger partial charge in [-0.25, -0.2) is 23.3 Å². The molecule has 6 amide bonds. The van der Waals surface area contributed by atoms with Gasteiger partial charge in [-0.15, -0.1) is 0 Å². The largest absolute Gasteiger partial charge is 0.490 e. The van der Waals surface area contributed by atoms with E-state index in [0.717, 1.165) is 42.8 Å². The summed E-state index contributed by atoms with van der Waals surface area (Å²) < 4.78 is 51.6. The van der Waals surface area contributed by atoms with Gasteiger partial charge in [0.2, 0.25) is 11.8 Å². The summed E-state index contributed by atoms with van der Waals surface area (Å²) in [6.07, 6.45) is 1.49. The second-order valence-electron chi connectivity index (χ2n) is 12.8. The Labute approximate surface area is 320 Å². The standard InChI is InChI=1S/C28H46N7O16P3S/c29-26-17(14-35(28(40)34-26)24-13-19(36)20(49-24)15-48-53(44,45)51-54(46,47)50-52(41,42)43)7-6-12-31-22(37)9-2-1-5-11-30-23(38)10-4-3-8-21-25-18(16-55-21)32-27(39)33-25/h14,18-21,24-26,36H,1-5,8-13,15-16,29H2,(H,30,38)(H,31,37)(H,34,40)(H,44,45)(H,46,47)(H2,32,33,39)(H2,41,42,43)/t18-,19-,20+,21-,24+,25-,26?/m0/s1. The SMILES string of the molecule is NC1NC(=O)N([C@H]2C[C@H](O)[C@@H](COP(=O)(O)OP(=O)(O)OP(=O)(O)O)O2)C=C1C#CCNC(=O)CCCCCNC(=O)CCCC[C@@H]1SC[C@@H]2NC(=O)N[C@@H]21. The molecule has 0 aliphatic carbocycles. The number of nitrogens with zero attached hydrogens (tertiary/aromatic N) is 1. The number of amides is 6. The van der Waals surface area contributed by atoms with Gasteiger partial charge in [-0.05, 0) is 25.7 Å². The van der Waals surface area contributed by atoms with Gasteiger partial charge in [0.05, 0.1) is 36.9 Å². The van der Waals surface area contributed by atoms with Crippen LogP contribution in [0.1, 0.15) is 57.8 Å². The highest BCUT2D eigenvalue weighted by Crippen LogP contribution is 2.66. The lowest BCUT2D eigenvalue weighted by molar-refractivity contribution is -0.122. The third-order valence-corrected chi connectivity index (χ3v) is 13.9. The molecule has 55 heavy (non-hydrogen) atoms. The monoisotopic (exact) mass is 861 g/mol. The smallest absolute Gasteiger partial charge is 0.390 e. The summed E-state index contributed by atoms with van der Waals surface area (Å²) in [5, 5.41) is 24.7. The number of hydrogen-bond donors (Lipinski definition) is 11. The number of fused-ring (bicyclic) bond motifs is 1. The van der Waals surface area contributed by atoms with Crippen LogP contribution in [0, 0.1) is 11.8 Å². The average Bonchev–Trinajstić information content (AvgIpc) is 3.74. The zero-order valence-corrected chi connectivity index (χ0v) is 32.8. The van der Waals surface area contributed by atoms with Crippen LogP contribution in [-0.2, 0) is 41.2 Å². The van der Waals surface area contributed by atoms with Crippen molar-refractivity contribution < 1.29 is 75.4 Å². The molecule has 9 atom stereocenters. The Balaban J connectivity index is 1.09. The van der Waals surface area contributed by atoms with Crippen LogP contribution in [0.2, 0.25) is 0 Å². The zero-order valence-electron chi connectivity index (χ0n) is 29.3. The predicted octanol–water partition coefficient (Wildman–Crippen LogP) is -0.478. The van der Waals surface area contributed by atoms with Crippen molar-refractivity contribution in [2.45, 2.75) is 99.7 Å². The van der Waals surface area contributed by atoms with E-state index in [1.54, 1.807) is 0 Å². The van der Waals surface area contributed by atoms with Gasteiger partial charge in [-0.2, -0.15) is 20.4 Å². The molecule has 27 heteroatoms. The Morgan fingerprint density at radius 3 is 2.42 bits per heavy atom. The highest BCUT2D eigenvalue weighted by molar-refractivity contribution is 8.00. The number of aliphatic hydroxyl groups is 1. The maximum absolute atomic E-state index is 12.6. The number of phosphoric ester groups is 1. The fraction of sp³-hybridized carbons (Fsp3) is 0.714. The van der Waals surface area contributed by atoms with E-state index < -0.39 is 60.7 Å². The third-order valence-electron chi connectivity index (χ3n) is 8.55. The van der Waals surface area contributed by atoms with Crippen molar-refractivity contribution >= 4 is 59.1 Å². The number of unbranched alkanes of at least 4 members (excludes halogenated alkanes) is 3. The van der Waals surface area contributed by atoms with E-state index in [0.29, 0.717) is 24.6 Å². The number of phosphoric acid groups is 3. The first-order valence-electron chi connectivity index (χ1n) is 17.2. The van der Waals surface area contributed by atoms with Crippen LogP contribution in [0.3, 0.4) is 0 Å². The van der Waals surface area contributed by atoms with E-state index in [4.69, 9.17) is 20.3 Å². The second-order valence-corrected chi connectivity index (χ2v) is 18.5. The molecule has 3 fully saturated rings. The number of aliphatic hydroxyl groups excluding tert-OH is 1. The second kappa shape index (κ2) is 20.2. The summed E-state index contributed by atoms with van der Waals surface area (Å²) in [6.45, 7) is -0.435. The maximum Gasteiger partial charge on any atom is 0.490 e. The van der Waals surface area contributed by atoms with Crippen molar-refractivity contribution in [3.05, 3.63) is 11.8 Å². The molecule has 4 aliphatic heterocycles. The highest BCUT2D eigenvalue weighted by atomic mass is 32.2. The lowest BCUT2D eigenvalue weighted by Gasteiger charge is -2.32. The summed E-state index contributed by atoms with van der Waals surface area (Å²) in [5.74, 6) is 6.16. The first-order valence-corrected chi connectivity index (χ1v) is 22.8. The van der Waals surface area contributed by atoms with Crippen LogP contribution in [-0.4, -0.2) is 121 Å². The Morgan fingerprint density at radius 1 is 0.982 bits per heavy atom. The lowest BCUT2D eigenvalue weighted by atomic mass is 10.0. The minimum Gasteiger partial charge on any atom is -0.390 e. The summed E-state index contributed by atoms with van der Waals surface area (Å²) in [5.41, 5.74) is 6.18. The molecule has 0 radical (unpaired) electrons. The van der Waals surface area contributed by atoms with Crippen molar-refractivity contribution in [2.24, 2.45) is 5.73 Å². The topological polar surface area (TPSA) is 347 Å². The number of nitrogens with two attached hydrogens (primary N) is 1. The molecule has 310 valence electrons. The van der Waals surface area contributed by atoms with Crippen LogP contribution < -0.4 is 32.3 Å². The predicted molar refractivity (Wildman–Crippen MR) is 192 cm³/mol. The number of ether oxygens (including phenoxy) is 1. The summed E-state index contributed by atoms with van der Waals surface area (Å²) in [6, 6.07) is -0.485. The fourth-order valence-electron chi connectivity index (χ4n) is 5.96. The van der Waals surface area contributed by atoms with Crippen molar-refractivity contribution in [3.63, 3.8) is 0 Å². The zero-order chi connectivity index (χ0) is 40.4. The van der Waals surface area contributed by atoms with E-state index >= 15 is 0 Å². The maximum atomic E-state index is 12.6. The molecule has 3 unspecified atom stereocenters. The number of carbonyl (C=O) groups excluding carboxylic acids is 4. The summed E-state index contributed by atoms with van der Waals surface area (Å²) >= 11 is 1.85. The van der Waals surface area contributed by atoms with E-state index in [2.05, 4.69) is 51.6 Å². The van der Waals surface area contributed by atoms with Gasteiger partial charge in [0.1, 0.15) is 18.5 Å². The van der Waals surface area contributed by atoms with Crippen molar-refractivity contribution in [1.29, 1.82) is 0 Å². The Bertz CT molecular complexity index is 1660. The molecule has 23 nitrogen and oxygen atoms in total. The Hall–Kier alpha value is -2.58. The number of hydrogen-bond acceptors (Lipinski definition) is 14. The highest BCUT2D eigenvalue weighted by Gasteiger charge is 2.45. The van der Waals surface area contributed by atoms with Crippen LogP contribution in [0.15, 0.2) is 11.8 Å². The quantitative estimate of drug-likeness (QED) is 0.0319. The minimum atomic E-state index is -5.75. The van der Waals surface area contributed by atoms with Gasteiger partial charge < -0.3 is 61.7 Å². The van der Waals surface area contributed by atoms with Gasteiger partial charge in [-0.1, -0.05) is 24.7 Å². The first-order chi connectivity index (χ1) is 25.8. The molecule has 0 aromatic heterocycles. The van der Waals surface area contributed by atoms with Crippen LogP contribution >= 0.6 is 35.2 Å². The Morgan fingerprint density at radius 2 is 1.69 bits per heavy atom. The molecular formula is C28H46N7O16P3S. The number of thioether (sulfide) groups is 1. The number of carbonyl (C=O) groups is 4. The molecule has 4 aliphatic rings. The lowest BCUT2D eigenvalue weighted by Crippen LogP contribution is -2.54. The van der Waals surface area contributed by atoms with Crippen molar-refractivity contribution in [3.8, 4) is 11.8 Å². The van der Waals surface area contributed by atoms with Crippen LogP contribution in [0.25, 0.3) is 0 Å². The van der Waals surface area contributed by atoms with E-state index in [-0.39, 0.29) is 54.9 Å². The molecule has 4 rings (SSSR count). The van der Waals surface area contributed by atoms with Crippen molar-refractivity contribution in [1.82, 2.24) is 31.5 Å². The van der Waals surface area contributed by atoms with Crippen molar-refractivity contribution in [2.75, 3.05) is 25.4 Å². The molecule has 0 spiro atoms. The van der Waals surface area contributed by atoms with Gasteiger partial charge >= 0.3 is 35.5 Å². The third kappa shape index (κ3) is 15.0. The minimum absolute atomic E-state index is 0.00943. The number of rotatable bonds is 20. The summed E-state index contributed by atoms with van der Waals surface area (Å²) in [7, 11) is -16.8. The fourth-order valence-corrected chi connectivity index (χ4v) is 10.5. The van der Waals surface area contributed by atoms with Crippen LogP contribution in [0.4, 0.5) is 9.59 Å². The van der Waals surface area contributed by atoms with Crippen LogP contribution in [0.5, 0.6) is 0 Å².